The lowest BCUT2D eigenvalue weighted by Gasteiger charge is -2.19. The van der Waals surface area contributed by atoms with Crippen LogP contribution in [0.4, 0.5) is 5.69 Å². The van der Waals surface area contributed by atoms with Gasteiger partial charge in [0.1, 0.15) is 5.82 Å². The van der Waals surface area contributed by atoms with Gasteiger partial charge in [0, 0.05) is 24.2 Å². The lowest BCUT2D eigenvalue weighted by Crippen LogP contribution is -2.31. The molecule has 8 heteroatoms. The van der Waals surface area contributed by atoms with Crippen LogP contribution in [0.2, 0.25) is 5.02 Å². The Kier molecular flexibility index (Phi) is 7.61. The third-order valence-corrected chi connectivity index (χ3v) is 6.88. The molecule has 0 radical (unpaired) electrons. The van der Waals surface area contributed by atoms with Gasteiger partial charge in [-0.15, -0.1) is 10.2 Å². The lowest BCUT2D eigenvalue weighted by molar-refractivity contribution is -0.116. The van der Waals surface area contributed by atoms with Crippen molar-refractivity contribution in [3.63, 3.8) is 0 Å². The van der Waals surface area contributed by atoms with Crippen LogP contribution in [-0.2, 0) is 17.8 Å². The highest BCUT2D eigenvalue weighted by Crippen LogP contribution is 2.25. The van der Waals surface area contributed by atoms with Gasteiger partial charge in [0.15, 0.2) is 5.82 Å². The smallest absolute Gasteiger partial charge is 0.253 e. The van der Waals surface area contributed by atoms with E-state index in [0.29, 0.717) is 16.3 Å². The van der Waals surface area contributed by atoms with E-state index in [2.05, 4.69) is 25.4 Å². The number of carbonyl (C=O) groups excluding carboxylic acids is 2. The molecule has 1 aliphatic rings. The second kappa shape index (κ2) is 11.4. The summed E-state index contributed by atoms with van der Waals surface area (Å²) in [6.45, 7) is 0.928. The molecule has 0 saturated heterocycles. The molecule has 5 rings (SSSR count). The van der Waals surface area contributed by atoms with Gasteiger partial charge in [-0.1, -0.05) is 60.5 Å². The summed E-state index contributed by atoms with van der Waals surface area (Å²) in [6, 6.07) is 23.4. The van der Waals surface area contributed by atoms with Gasteiger partial charge in [0.05, 0.1) is 23.0 Å². The van der Waals surface area contributed by atoms with Crippen molar-refractivity contribution in [2.24, 2.45) is 0 Å². The summed E-state index contributed by atoms with van der Waals surface area (Å²) < 4.78 is 2.20. The molecule has 1 aliphatic heterocycles. The number of benzene rings is 3. The Morgan fingerprint density at radius 2 is 1.65 bits per heavy atom. The van der Waals surface area contributed by atoms with Crippen molar-refractivity contribution in [1.82, 2.24) is 20.1 Å². The summed E-state index contributed by atoms with van der Waals surface area (Å²) in [5.41, 5.74) is 2.84. The highest BCUT2D eigenvalue weighted by Gasteiger charge is 2.21. The van der Waals surface area contributed by atoms with Gasteiger partial charge in [-0.2, -0.15) is 0 Å². The molecule has 0 bridgehead atoms. The minimum Gasteiger partial charge on any atom is -0.345 e. The average molecular weight is 514 g/mol. The zero-order valence-corrected chi connectivity index (χ0v) is 21.1. The molecule has 1 atom stereocenters. The number of aryl methyl sites for hydroxylation is 1. The van der Waals surface area contributed by atoms with E-state index in [-0.39, 0.29) is 18.2 Å². The van der Waals surface area contributed by atoms with Crippen LogP contribution in [0.25, 0.3) is 11.4 Å². The first-order chi connectivity index (χ1) is 18.1. The maximum Gasteiger partial charge on any atom is 0.253 e. The summed E-state index contributed by atoms with van der Waals surface area (Å²) in [4.78, 5) is 25.9. The first-order valence-corrected chi connectivity index (χ1v) is 12.9. The fourth-order valence-electron chi connectivity index (χ4n) is 4.62. The topological polar surface area (TPSA) is 88.9 Å². The predicted molar refractivity (Wildman–Crippen MR) is 144 cm³/mol. The highest BCUT2D eigenvalue weighted by molar-refractivity contribution is 6.33. The average Bonchev–Trinajstić information content (AvgIpc) is 3.17. The predicted octanol–water partition coefficient (Wildman–Crippen LogP) is 5.82. The monoisotopic (exact) mass is 513 g/mol. The molecule has 37 heavy (non-hydrogen) atoms. The van der Waals surface area contributed by atoms with E-state index in [4.69, 9.17) is 11.6 Å². The molecular weight excluding hydrogens is 486 g/mol. The standard InChI is InChI=1S/C29H28ClN5O2/c30-24-12-7-6-11-23(24)29(37)32-25(20-9-3-1-4-10-20)19-27(36)31-22-16-14-21(15-17-22)28-34-33-26-13-5-2-8-18-35(26)28/h1,3-4,6-7,9-12,14-17,25H,2,5,8,13,18-19H2,(H,31,36)(H,32,37). The summed E-state index contributed by atoms with van der Waals surface area (Å²) in [5, 5.41) is 15.1. The molecule has 0 aliphatic carbocycles. The first-order valence-electron chi connectivity index (χ1n) is 12.5. The fourth-order valence-corrected chi connectivity index (χ4v) is 4.84. The lowest BCUT2D eigenvalue weighted by atomic mass is 10.0. The van der Waals surface area contributed by atoms with Crippen molar-refractivity contribution >= 4 is 29.1 Å². The van der Waals surface area contributed by atoms with Crippen LogP contribution in [0.15, 0.2) is 78.9 Å². The van der Waals surface area contributed by atoms with Gasteiger partial charge in [-0.25, -0.2) is 0 Å². The molecule has 2 amide bonds. The number of nitrogens with one attached hydrogen (secondary N) is 2. The minimum atomic E-state index is -0.518. The SMILES string of the molecule is O=C(CC(NC(=O)c1ccccc1Cl)c1ccccc1)Nc1ccc(-c2nnc3n2CCCCC3)cc1. The Hall–Kier alpha value is -3.97. The zero-order chi connectivity index (χ0) is 25.6. The molecular formula is C29H28ClN5O2. The number of carbonyl (C=O) groups is 2. The van der Waals surface area contributed by atoms with Gasteiger partial charge in [0.25, 0.3) is 5.91 Å². The van der Waals surface area contributed by atoms with Crippen molar-refractivity contribution in [2.75, 3.05) is 5.32 Å². The second-order valence-corrected chi connectivity index (χ2v) is 9.56. The number of aromatic nitrogens is 3. The summed E-state index contributed by atoms with van der Waals surface area (Å²) in [5.74, 6) is 1.36. The Bertz CT molecular complexity index is 1390. The number of amides is 2. The number of nitrogens with zero attached hydrogens (tertiary/aromatic N) is 3. The third-order valence-electron chi connectivity index (χ3n) is 6.55. The maximum atomic E-state index is 13.0. The maximum absolute atomic E-state index is 13.0. The summed E-state index contributed by atoms with van der Waals surface area (Å²) in [6.07, 6.45) is 4.50. The van der Waals surface area contributed by atoms with E-state index in [1.165, 1.54) is 6.42 Å². The number of halogens is 1. The van der Waals surface area contributed by atoms with Gasteiger partial charge in [0.2, 0.25) is 5.91 Å². The van der Waals surface area contributed by atoms with E-state index in [1.807, 2.05) is 54.6 Å². The molecule has 3 aromatic carbocycles. The number of fused-ring (bicyclic) bond motifs is 1. The van der Waals surface area contributed by atoms with Crippen LogP contribution >= 0.6 is 11.6 Å². The van der Waals surface area contributed by atoms with Crippen molar-refractivity contribution < 1.29 is 9.59 Å². The molecule has 2 N–H and O–H groups in total. The third kappa shape index (κ3) is 5.89. The van der Waals surface area contributed by atoms with Crippen molar-refractivity contribution in [3.8, 4) is 11.4 Å². The van der Waals surface area contributed by atoms with Gasteiger partial charge < -0.3 is 15.2 Å². The van der Waals surface area contributed by atoms with Crippen LogP contribution in [0.5, 0.6) is 0 Å². The zero-order valence-electron chi connectivity index (χ0n) is 20.4. The Morgan fingerprint density at radius 3 is 2.43 bits per heavy atom. The van der Waals surface area contributed by atoms with Crippen LogP contribution < -0.4 is 10.6 Å². The van der Waals surface area contributed by atoms with Crippen LogP contribution in [0.3, 0.4) is 0 Å². The molecule has 0 saturated carbocycles. The number of rotatable bonds is 7. The molecule has 2 heterocycles. The van der Waals surface area contributed by atoms with Crippen molar-refractivity contribution in [1.29, 1.82) is 0 Å². The van der Waals surface area contributed by atoms with E-state index in [9.17, 15) is 9.59 Å². The molecule has 4 aromatic rings. The largest absolute Gasteiger partial charge is 0.345 e. The fraction of sp³-hybridized carbons (Fsp3) is 0.241. The van der Waals surface area contributed by atoms with Gasteiger partial charge >= 0.3 is 0 Å². The van der Waals surface area contributed by atoms with Crippen LogP contribution in [0, 0.1) is 0 Å². The van der Waals surface area contributed by atoms with Crippen LogP contribution in [0.1, 0.15) is 53.5 Å². The van der Waals surface area contributed by atoms with Crippen molar-refractivity contribution in [3.05, 3.63) is 101 Å². The summed E-state index contributed by atoms with van der Waals surface area (Å²) >= 11 is 6.21. The number of hydrogen-bond acceptors (Lipinski definition) is 4. The molecule has 1 unspecified atom stereocenters. The van der Waals surface area contributed by atoms with E-state index in [0.717, 1.165) is 48.6 Å². The summed E-state index contributed by atoms with van der Waals surface area (Å²) in [7, 11) is 0. The molecule has 0 fully saturated rings. The van der Waals surface area contributed by atoms with E-state index >= 15 is 0 Å². The van der Waals surface area contributed by atoms with Gasteiger partial charge in [-0.3, -0.25) is 9.59 Å². The molecule has 7 nitrogen and oxygen atoms in total. The van der Waals surface area contributed by atoms with E-state index < -0.39 is 6.04 Å². The second-order valence-electron chi connectivity index (χ2n) is 9.15. The van der Waals surface area contributed by atoms with Crippen molar-refractivity contribution in [2.45, 2.75) is 44.7 Å². The normalized spacial score (nSPS) is 13.8. The van der Waals surface area contributed by atoms with Crippen LogP contribution in [-0.4, -0.2) is 26.6 Å². The molecule has 1 aromatic heterocycles. The van der Waals surface area contributed by atoms with Gasteiger partial charge in [-0.05, 0) is 54.8 Å². The Labute approximate surface area is 220 Å². The number of anilines is 1. The van der Waals surface area contributed by atoms with E-state index in [1.54, 1.807) is 24.3 Å². The Balaban J connectivity index is 1.28. The Morgan fingerprint density at radius 1 is 0.892 bits per heavy atom. The molecule has 188 valence electrons. The minimum absolute atomic E-state index is 0.0691. The number of hydrogen-bond donors (Lipinski definition) is 2. The molecule has 0 spiro atoms. The first kappa shape index (κ1) is 24.7. The highest BCUT2D eigenvalue weighted by atomic mass is 35.5. The quantitative estimate of drug-likeness (QED) is 0.325.